The number of likely N-dealkylation sites (N-methyl/N-ethyl adjacent to an activating group) is 1. The molecule has 1 rings (SSSR count). The van der Waals surface area contributed by atoms with Gasteiger partial charge in [-0.25, -0.2) is 0 Å². The van der Waals surface area contributed by atoms with Gasteiger partial charge < -0.3 is 14.5 Å². The molecule has 1 unspecified atom stereocenters. The number of methoxy groups -OCH3 is 1. The largest absolute Gasteiger partial charge is 0.465 e. The molecule has 4 nitrogen and oxygen atoms in total. The zero-order valence-electron chi connectivity index (χ0n) is 13.1. The minimum atomic E-state index is 0.400. The molecule has 0 aliphatic carbocycles. The fourth-order valence-corrected chi connectivity index (χ4v) is 1.93. The van der Waals surface area contributed by atoms with Gasteiger partial charge in [-0.2, -0.15) is 0 Å². The van der Waals surface area contributed by atoms with Crippen molar-refractivity contribution in [1.29, 1.82) is 0 Å². The third-order valence-corrected chi connectivity index (χ3v) is 3.34. The molecule has 4 heteroatoms. The van der Waals surface area contributed by atoms with Gasteiger partial charge in [-0.05, 0) is 27.0 Å². The maximum Gasteiger partial charge on any atom is 0.118 e. The van der Waals surface area contributed by atoms with Crippen molar-refractivity contribution in [3.63, 3.8) is 0 Å². The summed E-state index contributed by atoms with van der Waals surface area (Å²) in [7, 11) is 3.85. The summed E-state index contributed by atoms with van der Waals surface area (Å²) in [6.07, 6.45) is 0. The van der Waals surface area contributed by atoms with Gasteiger partial charge in [-0.3, -0.25) is 4.90 Å². The smallest absolute Gasteiger partial charge is 0.118 e. The third-order valence-electron chi connectivity index (χ3n) is 3.34. The van der Waals surface area contributed by atoms with Crippen LogP contribution in [0.15, 0.2) is 10.5 Å². The molecule has 0 fully saturated rings. The van der Waals surface area contributed by atoms with Crippen LogP contribution in [0.3, 0.4) is 0 Å². The van der Waals surface area contributed by atoms with E-state index in [-0.39, 0.29) is 0 Å². The Morgan fingerprint density at radius 3 is 2.63 bits per heavy atom. The number of hydrogen-bond acceptors (Lipinski definition) is 4. The molecule has 0 saturated heterocycles. The van der Waals surface area contributed by atoms with Crippen LogP contribution in [0.1, 0.15) is 37.9 Å². The first kappa shape index (κ1) is 16.2. The van der Waals surface area contributed by atoms with Crippen LogP contribution in [0.4, 0.5) is 0 Å². The van der Waals surface area contributed by atoms with Gasteiger partial charge >= 0.3 is 0 Å². The maximum absolute atomic E-state index is 5.79. The Morgan fingerprint density at radius 1 is 1.37 bits per heavy atom. The molecule has 0 radical (unpaired) electrons. The number of rotatable bonds is 8. The number of nitrogens with one attached hydrogen (secondary N) is 1. The van der Waals surface area contributed by atoms with Crippen molar-refractivity contribution in [3.05, 3.63) is 23.2 Å². The first-order valence-corrected chi connectivity index (χ1v) is 6.94. The molecule has 0 bridgehead atoms. The summed E-state index contributed by atoms with van der Waals surface area (Å²) in [4.78, 5) is 2.28. The summed E-state index contributed by atoms with van der Waals surface area (Å²) >= 11 is 0. The van der Waals surface area contributed by atoms with E-state index < -0.39 is 0 Å². The zero-order valence-corrected chi connectivity index (χ0v) is 13.1. The second kappa shape index (κ2) is 7.68. The van der Waals surface area contributed by atoms with Gasteiger partial charge in [0.25, 0.3) is 0 Å². The Hall–Kier alpha value is -0.840. The lowest BCUT2D eigenvalue weighted by Gasteiger charge is -2.23. The van der Waals surface area contributed by atoms with Gasteiger partial charge in [-0.1, -0.05) is 13.8 Å². The Kier molecular flexibility index (Phi) is 6.55. The fourth-order valence-electron chi connectivity index (χ4n) is 1.93. The Labute approximate surface area is 117 Å². The lowest BCUT2D eigenvalue weighted by atomic mass is 10.2. The van der Waals surface area contributed by atoms with E-state index in [4.69, 9.17) is 9.15 Å². The predicted molar refractivity (Wildman–Crippen MR) is 78.2 cm³/mol. The number of ether oxygens (including phenoxy) is 1. The van der Waals surface area contributed by atoms with Crippen molar-refractivity contribution in [2.45, 2.75) is 52.9 Å². The lowest BCUT2D eigenvalue weighted by Crippen LogP contribution is -2.32. The fraction of sp³-hybridized carbons (Fsp3) is 0.733. The van der Waals surface area contributed by atoms with E-state index in [2.05, 4.69) is 44.1 Å². The molecule has 0 saturated carbocycles. The monoisotopic (exact) mass is 268 g/mol. The second-order valence-corrected chi connectivity index (χ2v) is 5.55. The van der Waals surface area contributed by atoms with E-state index in [1.54, 1.807) is 7.11 Å². The molecule has 1 atom stereocenters. The summed E-state index contributed by atoms with van der Waals surface area (Å²) in [5, 5.41) is 3.37. The minimum absolute atomic E-state index is 0.400. The highest BCUT2D eigenvalue weighted by atomic mass is 16.5. The number of aryl methyl sites for hydroxylation is 1. The van der Waals surface area contributed by atoms with Gasteiger partial charge in [0.05, 0.1) is 13.2 Å². The SMILES string of the molecule is COCC(C)N(C)Cc1cc(CNC(C)C)oc1C. The standard InChI is InChI=1S/C15H28N2O2/c1-11(2)16-8-15-7-14(13(4)19-15)9-17(5)12(3)10-18-6/h7,11-12,16H,8-10H2,1-6H3. The summed E-state index contributed by atoms with van der Waals surface area (Å²) in [5.41, 5.74) is 1.26. The van der Waals surface area contributed by atoms with Crippen molar-refractivity contribution >= 4 is 0 Å². The van der Waals surface area contributed by atoms with Crippen molar-refractivity contribution in [2.24, 2.45) is 0 Å². The highest BCUT2D eigenvalue weighted by molar-refractivity contribution is 5.20. The topological polar surface area (TPSA) is 37.6 Å². The van der Waals surface area contributed by atoms with E-state index in [1.807, 2.05) is 6.92 Å². The quantitative estimate of drug-likeness (QED) is 0.786. The second-order valence-electron chi connectivity index (χ2n) is 5.55. The van der Waals surface area contributed by atoms with E-state index in [0.717, 1.165) is 31.2 Å². The van der Waals surface area contributed by atoms with Crippen LogP contribution < -0.4 is 5.32 Å². The summed E-state index contributed by atoms with van der Waals surface area (Å²) in [6.45, 7) is 10.9. The molecule has 1 aromatic heterocycles. The zero-order chi connectivity index (χ0) is 14.4. The molecule has 1 heterocycles. The van der Waals surface area contributed by atoms with E-state index >= 15 is 0 Å². The van der Waals surface area contributed by atoms with Crippen molar-refractivity contribution < 1.29 is 9.15 Å². The van der Waals surface area contributed by atoms with Gasteiger partial charge in [0.1, 0.15) is 11.5 Å². The first-order valence-electron chi connectivity index (χ1n) is 6.94. The Balaban J connectivity index is 2.58. The van der Waals surface area contributed by atoms with E-state index in [9.17, 15) is 0 Å². The highest BCUT2D eigenvalue weighted by Gasteiger charge is 2.13. The predicted octanol–water partition coefficient (Wildman–Crippen LogP) is 2.55. The molecule has 0 aromatic carbocycles. The van der Waals surface area contributed by atoms with Crippen LogP contribution >= 0.6 is 0 Å². The molecule has 0 aliphatic rings. The number of hydrogen-bond donors (Lipinski definition) is 1. The number of nitrogens with zero attached hydrogens (tertiary/aromatic N) is 1. The molecule has 0 spiro atoms. The van der Waals surface area contributed by atoms with E-state index in [0.29, 0.717) is 12.1 Å². The molecular weight excluding hydrogens is 240 g/mol. The molecule has 19 heavy (non-hydrogen) atoms. The van der Waals surface area contributed by atoms with Gasteiger partial charge in [0.2, 0.25) is 0 Å². The average molecular weight is 268 g/mol. The van der Waals surface area contributed by atoms with Crippen LogP contribution in [-0.4, -0.2) is 37.7 Å². The Bertz CT molecular complexity index is 374. The summed E-state index contributed by atoms with van der Waals surface area (Å²) < 4.78 is 11.0. The lowest BCUT2D eigenvalue weighted by molar-refractivity contribution is 0.111. The van der Waals surface area contributed by atoms with Gasteiger partial charge in [0, 0.05) is 31.3 Å². The van der Waals surface area contributed by atoms with Crippen LogP contribution in [0, 0.1) is 6.92 Å². The van der Waals surface area contributed by atoms with Crippen LogP contribution in [0.25, 0.3) is 0 Å². The van der Waals surface area contributed by atoms with Crippen molar-refractivity contribution in [3.8, 4) is 0 Å². The summed E-state index contributed by atoms with van der Waals surface area (Å²) in [6, 6.07) is 3.02. The molecular formula is C15H28N2O2. The molecule has 0 amide bonds. The third kappa shape index (κ3) is 5.35. The number of furan rings is 1. The van der Waals surface area contributed by atoms with Crippen LogP contribution in [0.5, 0.6) is 0 Å². The van der Waals surface area contributed by atoms with Crippen molar-refractivity contribution in [1.82, 2.24) is 10.2 Å². The average Bonchev–Trinajstić information content (AvgIpc) is 2.68. The molecule has 0 aliphatic heterocycles. The first-order chi connectivity index (χ1) is 8.93. The van der Waals surface area contributed by atoms with Crippen LogP contribution in [0.2, 0.25) is 0 Å². The van der Waals surface area contributed by atoms with E-state index in [1.165, 1.54) is 5.56 Å². The van der Waals surface area contributed by atoms with Crippen molar-refractivity contribution in [2.75, 3.05) is 20.8 Å². The van der Waals surface area contributed by atoms with Gasteiger partial charge in [0.15, 0.2) is 0 Å². The normalized spacial score (nSPS) is 13.5. The molecule has 1 N–H and O–H groups in total. The summed E-state index contributed by atoms with van der Waals surface area (Å²) in [5.74, 6) is 2.02. The van der Waals surface area contributed by atoms with Gasteiger partial charge in [-0.15, -0.1) is 0 Å². The van der Waals surface area contributed by atoms with Crippen LogP contribution in [-0.2, 0) is 17.8 Å². The minimum Gasteiger partial charge on any atom is -0.465 e. The maximum atomic E-state index is 5.79. The molecule has 1 aromatic rings. The Morgan fingerprint density at radius 2 is 2.05 bits per heavy atom. The highest BCUT2D eigenvalue weighted by Crippen LogP contribution is 2.17. The molecule has 110 valence electrons.